The van der Waals surface area contributed by atoms with Gasteiger partial charge in [0.2, 0.25) is 5.95 Å². The van der Waals surface area contributed by atoms with Gasteiger partial charge in [-0.05, 0) is 61.4 Å². The van der Waals surface area contributed by atoms with Crippen LogP contribution in [0, 0.1) is 5.41 Å². The van der Waals surface area contributed by atoms with Gasteiger partial charge in [-0.1, -0.05) is 30.3 Å². The zero-order valence-electron chi connectivity index (χ0n) is 19.2. The highest BCUT2D eigenvalue weighted by Crippen LogP contribution is 2.42. The summed E-state index contributed by atoms with van der Waals surface area (Å²) in [4.78, 5) is 20.1. The minimum Gasteiger partial charge on any atom is -0.457 e. The number of hydrogen-bond donors (Lipinski definition) is 1. The highest BCUT2D eigenvalue weighted by atomic mass is 16.5. The molecule has 2 saturated heterocycles. The molecular weight excluding hydrogens is 416 g/mol. The van der Waals surface area contributed by atoms with Crippen molar-refractivity contribution in [3.63, 3.8) is 0 Å². The maximum Gasteiger partial charge on any atom is 0.264 e. The number of piperidine rings is 1. The Labute approximate surface area is 193 Å². The van der Waals surface area contributed by atoms with Crippen LogP contribution in [0.3, 0.4) is 0 Å². The third kappa shape index (κ3) is 4.20. The third-order valence-electron chi connectivity index (χ3n) is 6.92. The molecule has 0 amide bonds. The molecule has 0 unspecified atom stereocenters. The van der Waals surface area contributed by atoms with Crippen LogP contribution < -0.4 is 20.9 Å². The smallest absolute Gasteiger partial charge is 0.264 e. The molecule has 7 heteroatoms. The summed E-state index contributed by atoms with van der Waals surface area (Å²) >= 11 is 0. The van der Waals surface area contributed by atoms with Crippen molar-refractivity contribution < 1.29 is 9.47 Å². The number of hydrogen-bond acceptors (Lipinski definition) is 6. The van der Waals surface area contributed by atoms with Crippen molar-refractivity contribution in [3.05, 3.63) is 65.0 Å². The van der Waals surface area contributed by atoms with Gasteiger partial charge in [-0.3, -0.25) is 9.36 Å². The van der Waals surface area contributed by atoms with E-state index < -0.39 is 0 Å². The zero-order chi connectivity index (χ0) is 23.0. The van der Waals surface area contributed by atoms with E-state index in [1.807, 2.05) is 54.6 Å². The largest absolute Gasteiger partial charge is 0.457 e. The molecule has 3 aromatic rings. The first-order valence-electron chi connectivity index (χ1n) is 11.5. The van der Waals surface area contributed by atoms with Gasteiger partial charge in [0.15, 0.2) is 0 Å². The number of nitrogens with two attached hydrogens (primary N) is 1. The standard InChI is InChI=1S/C26H30N4O3/c1-18-16-26(17-32-18)12-14-30(15-13-26)25-28-23(27)22(24(31)29(25)2)19-8-10-21(11-9-19)33-20-6-4-3-5-7-20/h3-11,18H,12-17,27H2,1-2H3/t18-/m0/s1. The monoisotopic (exact) mass is 446 g/mol. The van der Waals surface area contributed by atoms with Crippen LogP contribution in [0.15, 0.2) is 59.4 Å². The maximum atomic E-state index is 13.3. The first kappa shape index (κ1) is 21.5. The number of anilines is 2. The van der Waals surface area contributed by atoms with Gasteiger partial charge in [-0.25, -0.2) is 0 Å². The molecule has 33 heavy (non-hydrogen) atoms. The van der Waals surface area contributed by atoms with Gasteiger partial charge in [0.25, 0.3) is 5.56 Å². The molecule has 2 aliphatic heterocycles. The first-order valence-corrected chi connectivity index (χ1v) is 11.5. The molecule has 2 aromatic carbocycles. The molecule has 2 aliphatic rings. The van der Waals surface area contributed by atoms with E-state index in [2.05, 4.69) is 16.8 Å². The minimum atomic E-state index is -0.146. The zero-order valence-corrected chi connectivity index (χ0v) is 19.2. The lowest BCUT2D eigenvalue weighted by Crippen LogP contribution is -2.43. The van der Waals surface area contributed by atoms with E-state index in [0.717, 1.165) is 50.3 Å². The van der Waals surface area contributed by atoms with E-state index in [1.165, 1.54) is 0 Å². The molecule has 2 N–H and O–H groups in total. The van der Waals surface area contributed by atoms with Crippen LogP contribution in [0.1, 0.15) is 26.2 Å². The highest BCUT2D eigenvalue weighted by Gasteiger charge is 2.41. The van der Waals surface area contributed by atoms with Crippen LogP contribution in [0.2, 0.25) is 0 Å². The van der Waals surface area contributed by atoms with Gasteiger partial charge in [0, 0.05) is 20.1 Å². The molecule has 1 atom stereocenters. The van der Waals surface area contributed by atoms with Crippen molar-refractivity contribution in [2.75, 3.05) is 30.3 Å². The summed E-state index contributed by atoms with van der Waals surface area (Å²) in [5, 5.41) is 0. The van der Waals surface area contributed by atoms with E-state index in [1.54, 1.807) is 11.6 Å². The molecule has 5 rings (SSSR count). The number of aromatic nitrogens is 2. The van der Waals surface area contributed by atoms with Crippen LogP contribution >= 0.6 is 0 Å². The van der Waals surface area contributed by atoms with Gasteiger partial charge < -0.3 is 20.1 Å². The lowest BCUT2D eigenvalue weighted by molar-refractivity contribution is 0.0974. The van der Waals surface area contributed by atoms with Crippen molar-refractivity contribution in [1.82, 2.24) is 9.55 Å². The number of nitrogen functional groups attached to an aromatic ring is 1. The molecule has 0 saturated carbocycles. The van der Waals surface area contributed by atoms with E-state index >= 15 is 0 Å². The summed E-state index contributed by atoms with van der Waals surface area (Å²) in [6, 6.07) is 16.9. The summed E-state index contributed by atoms with van der Waals surface area (Å²) in [5.74, 6) is 2.33. The topological polar surface area (TPSA) is 82.6 Å². The second-order valence-electron chi connectivity index (χ2n) is 9.29. The van der Waals surface area contributed by atoms with Crippen LogP contribution in [0.4, 0.5) is 11.8 Å². The van der Waals surface area contributed by atoms with Crippen LogP contribution in [-0.4, -0.2) is 35.4 Å². The van der Waals surface area contributed by atoms with Gasteiger partial charge >= 0.3 is 0 Å². The molecular formula is C26H30N4O3. The first-order chi connectivity index (χ1) is 15.9. The summed E-state index contributed by atoms with van der Waals surface area (Å²) in [6.07, 6.45) is 3.52. The molecule has 0 radical (unpaired) electrons. The van der Waals surface area contributed by atoms with E-state index in [0.29, 0.717) is 23.4 Å². The van der Waals surface area contributed by atoms with Crippen LogP contribution in [0.25, 0.3) is 11.1 Å². The van der Waals surface area contributed by atoms with E-state index in [9.17, 15) is 4.79 Å². The molecule has 0 bridgehead atoms. The Morgan fingerprint density at radius 3 is 2.36 bits per heavy atom. The van der Waals surface area contributed by atoms with Crippen molar-refractivity contribution in [2.45, 2.75) is 32.3 Å². The third-order valence-corrected chi connectivity index (χ3v) is 6.92. The Morgan fingerprint density at radius 1 is 1.06 bits per heavy atom. The maximum absolute atomic E-state index is 13.3. The number of ether oxygens (including phenoxy) is 2. The summed E-state index contributed by atoms with van der Waals surface area (Å²) < 4.78 is 13.3. The van der Waals surface area contributed by atoms with Crippen LogP contribution in [0.5, 0.6) is 11.5 Å². The lowest BCUT2D eigenvalue weighted by atomic mass is 9.77. The molecule has 0 aliphatic carbocycles. The Bertz CT molecular complexity index is 1180. The fourth-order valence-electron chi connectivity index (χ4n) is 5.05. The fraction of sp³-hybridized carbons (Fsp3) is 0.385. The summed E-state index contributed by atoms with van der Waals surface area (Å²) in [6.45, 7) is 4.67. The average molecular weight is 447 g/mol. The SMILES string of the molecule is C[C@H]1CC2(CCN(c3nc(N)c(-c4ccc(Oc5ccccc5)cc4)c(=O)n3C)CC2)CO1. The quantitative estimate of drug-likeness (QED) is 0.646. The van der Waals surface area contributed by atoms with Gasteiger partial charge in [0.05, 0.1) is 18.3 Å². The molecule has 1 spiro atoms. The number of nitrogens with zero attached hydrogens (tertiary/aromatic N) is 3. The minimum absolute atomic E-state index is 0.146. The van der Waals surface area contributed by atoms with Crippen molar-refractivity contribution in [3.8, 4) is 22.6 Å². The molecule has 172 valence electrons. The second-order valence-corrected chi connectivity index (χ2v) is 9.29. The Kier molecular flexibility index (Phi) is 5.58. The Morgan fingerprint density at radius 2 is 1.73 bits per heavy atom. The normalized spacial score (nSPS) is 19.7. The Hall–Kier alpha value is -3.32. The summed E-state index contributed by atoms with van der Waals surface area (Å²) in [5.41, 5.74) is 7.58. The number of benzene rings is 2. The van der Waals surface area contributed by atoms with Crippen molar-refractivity contribution in [1.29, 1.82) is 0 Å². The number of para-hydroxylation sites is 1. The molecule has 7 nitrogen and oxygen atoms in total. The number of rotatable bonds is 4. The van der Waals surface area contributed by atoms with Gasteiger partial charge in [0.1, 0.15) is 17.3 Å². The second kappa shape index (κ2) is 8.56. The van der Waals surface area contributed by atoms with Crippen LogP contribution in [-0.2, 0) is 11.8 Å². The molecule has 3 heterocycles. The lowest BCUT2D eigenvalue weighted by Gasteiger charge is -2.39. The Balaban J connectivity index is 1.36. The fourth-order valence-corrected chi connectivity index (χ4v) is 5.05. The molecule has 2 fully saturated rings. The average Bonchev–Trinajstić information content (AvgIpc) is 3.18. The van der Waals surface area contributed by atoms with Gasteiger partial charge in [-0.15, -0.1) is 0 Å². The summed E-state index contributed by atoms with van der Waals surface area (Å²) in [7, 11) is 1.77. The van der Waals surface area contributed by atoms with E-state index in [4.69, 9.17) is 15.2 Å². The van der Waals surface area contributed by atoms with E-state index in [-0.39, 0.29) is 16.8 Å². The predicted octanol–water partition coefficient (Wildman–Crippen LogP) is 4.22. The van der Waals surface area contributed by atoms with Gasteiger partial charge in [-0.2, -0.15) is 4.98 Å². The highest BCUT2D eigenvalue weighted by molar-refractivity contribution is 5.74. The van der Waals surface area contributed by atoms with Crippen molar-refractivity contribution in [2.24, 2.45) is 12.5 Å². The van der Waals surface area contributed by atoms with Crippen molar-refractivity contribution >= 4 is 11.8 Å². The molecule has 1 aromatic heterocycles. The predicted molar refractivity (Wildman–Crippen MR) is 130 cm³/mol.